The number of aromatic nitrogens is 1. The lowest BCUT2D eigenvalue weighted by molar-refractivity contribution is -0.120. The summed E-state index contributed by atoms with van der Waals surface area (Å²) in [5, 5.41) is 3.86. The van der Waals surface area contributed by atoms with Crippen molar-refractivity contribution in [2.24, 2.45) is 0 Å². The molecule has 1 amide bonds. The maximum Gasteiger partial charge on any atom is 0.224 e. The SMILES string of the molecule is Cc1nc(-c2ccccc2)sc1CNC(=O)Cc1ccc(F)cc1. The summed E-state index contributed by atoms with van der Waals surface area (Å²) in [4.78, 5) is 17.7. The van der Waals surface area contributed by atoms with Crippen LogP contribution in [0.1, 0.15) is 16.1 Å². The highest BCUT2D eigenvalue weighted by molar-refractivity contribution is 7.15. The number of nitrogens with one attached hydrogen (secondary N) is 1. The van der Waals surface area contributed by atoms with Crippen molar-refractivity contribution in [1.82, 2.24) is 10.3 Å². The van der Waals surface area contributed by atoms with Gasteiger partial charge in [-0.3, -0.25) is 4.79 Å². The first kappa shape index (κ1) is 16.3. The van der Waals surface area contributed by atoms with E-state index in [1.807, 2.05) is 37.3 Å². The lowest BCUT2D eigenvalue weighted by atomic mass is 10.1. The van der Waals surface area contributed by atoms with Crippen LogP contribution in [0.3, 0.4) is 0 Å². The van der Waals surface area contributed by atoms with E-state index in [1.165, 1.54) is 12.1 Å². The van der Waals surface area contributed by atoms with Gasteiger partial charge in [-0.15, -0.1) is 11.3 Å². The molecule has 122 valence electrons. The molecule has 5 heteroatoms. The first-order valence-corrected chi connectivity index (χ1v) is 8.46. The normalized spacial score (nSPS) is 10.6. The molecule has 1 heterocycles. The molecular weight excluding hydrogens is 323 g/mol. The number of halogens is 1. The van der Waals surface area contributed by atoms with E-state index in [-0.39, 0.29) is 18.1 Å². The van der Waals surface area contributed by atoms with Gasteiger partial charge in [0.25, 0.3) is 0 Å². The molecule has 0 aliphatic heterocycles. The fourth-order valence-corrected chi connectivity index (χ4v) is 3.33. The maximum absolute atomic E-state index is 12.9. The number of nitrogens with zero attached hydrogens (tertiary/aromatic N) is 1. The molecule has 0 bridgehead atoms. The first-order chi connectivity index (χ1) is 11.6. The predicted octanol–water partition coefficient (Wildman–Crippen LogP) is 4.12. The maximum atomic E-state index is 12.9. The topological polar surface area (TPSA) is 42.0 Å². The van der Waals surface area contributed by atoms with Gasteiger partial charge in [-0.25, -0.2) is 9.37 Å². The van der Waals surface area contributed by atoms with Crippen LogP contribution >= 0.6 is 11.3 Å². The van der Waals surface area contributed by atoms with Crippen molar-refractivity contribution in [2.75, 3.05) is 0 Å². The molecule has 0 saturated carbocycles. The zero-order valence-corrected chi connectivity index (χ0v) is 14.1. The molecular formula is C19H17FN2OS. The first-order valence-electron chi connectivity index (χ1n) is 7.64. The second-order valence-corrected chi connectivity index (χ2v) is 6.56. The third-order valence-corrected chi connectivity index (χ3v) is 4.84. The van der Waals surface area contributed by atoms with Gasteiger partial charge < -0.3 is 5.32 Å². The molecule has 3 rings (SSSR count). The number of aryl methyl sites for hydroxylation is 1. The summed E-state index contributed by atoms with van der Waals surface area (Å²) >= 11 is 1.59. The Kier molecular flexibility index (Phi) is 5.01. The number of hydrogen-bond acceptors (Lipinski definition) is 3. The van der Waals surface area contributed by atoms with Crippen LogP contribution in [0.15, 0.2) is 54.6 Å². The fraction of sp³-hybridized carbons (Fsp3) is 0.158. The van der Waals surface area contributed by atoms with Crippen LogP contribution in [-0.2, 0) is 17.8 Å². The van der Waals surface area contributed by atoms with Gasteiger partial charge in [0.05, 0.1) is 18.7 Å². The summed E-state index contributed by atoms with van der Waals surface area (Å²) in [6, 6.07) is 16.0. The second kappa shape index (κ2) is 7.36. The van der Waals surface area contributed by atoms with E-state index in [1.54, 1.807) is 23.5 Å². The highest BCUT2D eigenvalue weighted by atomic mass is 32.1. The van der Waals surface area contributed by atoms with Gasteiger partial charge in [-0.1, -0.05) is 42.5 Å². The van der Waals surface area contributed by atoms with Crippen LogP contribution in [0.4, 0.5) is 4.39 Å². The Balaban J connectivity index is 1.61. The minimum absolute atomic E-state index is 0.0873. The van der Waals surface area contributed by atoms with Crippen LogP contribution in [-0.4, -0.2) is 10.9 Å². The molecule has 0 aliphatic rings. The molecule has 0 radical (unpaired) electrons. The van der Waals surface area contributed by atoms with Crippen molar-refractivity contribution in [2.45, 2.75) is 19.9 Å². The lowest BCUT2D eigenvalue weighted by Gasteiger charge is -2.04. The number of carbonyl (C=O) groups excluding carboxylic acids is 1. The molecule has 0 fully saturated rings. The van der Waals surface area contributed by atoms with Gasteiger partial charge >= 0.3 is 0 Å². The van der Waals surface area contributed by atoms with Crippen molar-refractivity contribution < 1.29 is 9.18 Å². The summed E-state index contributed by atoms with van der Waals surface area (Å²) in [6.45, 7) is 2.40. The van der Waals surface area contributed by atoms with Gasteiger partial charge in [-0.2, -0.15) is 0 Å². The molecule has 3 nitrogen and oxygen atoms in total. The van der Waals surface area contributed by atoms with Crippen LogP contribution < -0.4 is 5.32 Å². The minimum Gasteiger partial charge on any atom is -0.351 e. The van der Waals surface area contributed by atoms with Crippen molar-refractivity contribution in [3.8, 4) is 10.6 Å². The molecule has 0 unspecified atom stereocenters. The average molecular weight is 340 g/mol. The average Bonchev–Trinajstić information content (AvgIpc) is 2.97. The molecule has 1 N–H and O–H groups in total. The van der Waals surface area contributed by atoms with Gasteiger partial charge in [-0.05, 0) is 24.6 Å². The number of carbonyl (C=O) groups is 1. The molecule has 24 heavy (non-hydrogen) atoms. The van der Waals surface area contributed by atoms with Gasteiger partial charge in [0.2, 0.25) is 5.91 Å². The highest BCUT2D eigenvalue weighted by Gasteiger charge is 2.11. The predicted molar refractivity (Wildman–Crippen MR) is 94.2 cm³/mol. The third-order valence-electron chi connectivity index (χ3n) is 3.64. The van der Waals surface area contributed by atoms with Crippen molar-refractivity contribution in [1.29, 1.82) is 0 Å². The van der Waals surface area contributed by atoms with Crippen LogP contribution in [0, 0.1) is 12.7 Å². The Morgan fingerprint density at radius 2 is 1.83 bits per heavy atom. The quantitative estimate of drug-likeness (QED) is 0.759. The van der Waals surface area contributed by atoms with E-state index in [9.17, 15) is 9.18 Å². The third kappa shape index (κ3) is 4.06. The van der Waals surface area contributed by atoms with Crippen LogP contribution in [0.5, 0.6) is 0 Å². The van der Waals surface area contributed by atoms with E-state index in [0.29, 0.717) is 6.54 Å². The van der Waals surface area contributed by atoms with Gasteiger partial charge in [0.15, 0.2) is 0 Å². The number of hydrogen-bond donors (Lipinski definition) is 1. The number of rotatable bonds is 5. The Morgan fingerprint density at radius 1 is 1.12 bits per heavy atom. The molecule has 0 saturated heterocycles. The van der Waals surface area contributed by atoms with Crippen molar-refractivity contribution in [3.05, 3.63) is 76.5 Å². The lowest BCUT2D eigenvalue weighted by Crippen LogP contribution is -2.24. The Labute approximate surface area is 144 Å². The fourth-order valence-electron chi connectivity index (χ4n) is 2.33. The highest BCUT2D eigenvalue weighted by Crippen LogP contribution is 2.27. The standard InChI is InChI=1S/C19H17FN2OS/c1-13-17(24-19(22-13)15-5-3-2-4-6-15)12-21-18(23)11-14-7-9-16(20)10-8-14/h2-10H,11-12H2,1H3,(H,21,23). The molecule has 2 aromatic carbocycles. The Bertz CT molecular complexity index is 828. The monoisotopic (exact) mass is 340 g/mol. The van der Waals surface area contributed by atoms with Gasteiger partial charge in [0, 0.05) is 10.4 Å². The smallest absolute Gasteiger partial charge is 0.224 e. The summed E-state index contributed by atoms with van der Waals surface area (Å²) in [7, 11) is 0. The van der Waals surface area contributed by atoms with Gasteiger partial charge in [0.1, 0.15) is 10.8 Å². The largest absolute Gasteiger partial charge is 0.351 e. The van der Waals surface area contributed by atoms with E-state index in [4.69, 9.17) is 0 Å². The Morgan fingerprint density at radius 3 is 2.54 bits per heavy atom. The zero-order valence-electron chi connectivity index (χ0n) is 13.3. The van der Waals surface area contributed by atoms with E-state index >= 15 is 0 Å². The minimum atomic E-state index is -0.298. The number of amides is 1. The zero-order chi connectivity index (χ0) is 16.9. The second-order valence-electron chi connectivity index (χ2n) is 5.47. The summed E-state index contributed by atoms with van der Waals surface area (Å²) < 4.78 is 12.9. The molecule has 0 spiro atoms. The Hall–Kier alpha value is -2.53. The summed E-state index contributed by atoms with van der Waals surface area (Å²) in [6.07, 6.45) is 0.240. The summed E-state index contributed by atoms with van der Waals surface area (Å²) in [5.41, 5.74) is 2.80. The van der Waals surface area contributed by atoms with Crippen LogP contribution in [0.2, 0.25) is 0 Å². The van der Waals surface area contributed by atoms with Crippen molar-refractivity contribution >= 4 is 17.2 Å². The van der Waals surface area contributed by atoms with Crippen molar-refractivity contribution in [3.63, 3.8) is 0 Å². The van der Waals surface area contributed by atoms with Crippen LogP contribution in [0.25, 0.3) is 10.6 Å². The molecule has 0 atom stereocenters. The summed E-state index contributed by atoms with van der Waals surface area (Å²) in [5.74, 6) is -0.386. The molecule has 3 aromatic rings. The van der Waals surface area contributed by atoms with E-state index in [0.717, 1.165) is 26.7 Å². The number of thiazole rings is 1. The van der Waals surface area contributed by atoms with E-state index in [2.05, 4.69) is 10.3 Å². The number of benzene rings is 2. The molecule has 0 aliphatic carbocycles. The van der Waals surface area contributed by atoms with E-state index < -0.39 is 0 Å². The molecule has 1 aromatic heterocycles.